The number of amides is 1. The van der Waals surface area contributed by atoms with Crippen molar-refractivity contribution in [1.82, 2.24) is 14.9 Å². The van der Waals surface area contributed by atoms with E-state index in [1.165, 1.54) is 0 Å². The molecule has 0 spiro atoms. The molecule has 11 heteroatoms. The van der Waals surface area contributed by atoms with Crippen molar-refractivity contribution in [3.63, 3.8) is 0 Å². The number of likely N-dealkylation sites (tertiary alicyclic amines) is 1. The quantitative estimate of drug-likeness (QED) is 0.705. The Morgan fingerprint density at radius 3 is 2.41 bits per heavy atom. The second kappa shape index (κ2) is 8.80. The summed E-state index contributed by atoms with van der Waals surface area (Å²) in [7, 11) is 0. The maximum absolute atomic E-state index is 12.6. The van der Waals surface area contributed by atoms with Crippen LogP contribution < -0.4 is 10.6 Å². The topological polar surface area (TPSA) is 105 Å². The molecule has 2 fully saturated rings. The van der Waals surface area contributed by atoms with Crippen LogP contribution >= 0.6 is 0 Å². The minimum absolute atomic E-state index is 0.0484. The number of nitrogens with two attached hydrogens (primary N) is 1. The lowest BCUT2D eigenvalue weighted by Crippen LogP contribution is -2.47. The average molecular weight is 417 g/mol. The van der Waals surface area contributed by atoms with Crippen LogP contribution in [0.3, 0.4) is 0 Å². The molecule has 3 rings (SSSR count). The molecule has 2 aliphatic rings. The molecule has 1 amide bonds. The van der Waals surface area contributed by atoms with E-state index >= 15 is 0 Å². The lowest BCUT2D eigenvalue weighted by Gasteiger charge is -2.36. The van der Waals surface area contributed by atoms with Crippen LogP contribution in [0.15, 0.2) is 12.4 Å². The first kappa shape index (κ1) is 21.7. The second-order valence-corrected chi connectivity index (χ2v) is 7.53. The van der Waals surface area contributed by atoms with E-state index in [4.69, 9.17) is 10.5 Å². The van der Waals surface area contributed by atoms with Gasteiger partial charge in [-0.2, -0.15) is 13.2 Å². The van der Waals surface area contributed by atoms with Gasteiger partial charge >= 0.3 is 6.18 Å². The number of piperidine rings is 1. The van der Waals surface area contributed by atoms with E-state index in [9.17, 15) is 23.1 Å². The van der Waals surface area contributed by atoms with Gasteiger partial charge in [0.2, 0.25) is 5.95 Å². The fourth-order valence-corrected chi connectivity index (χ4v) is 3.57. The largest absolute Gasteiger partial charge is 0.419 e. The summed E-state index contributed by atoms with van der Waals surface area (Å²) < 4.78 is 43.5. The van der Waals surface area contributed by atoms with Crippen LogP contribution in [0.4, 0.5) is 19.1 Å². The molecule has 162 valence electrons. The summed E-state index contributed by atoms with van der Waals surface area (Å²) in [4.78, 5) is 23.9. The standard InChI is InChI=1S/C18H26F3N5O3/c1-11(27)14(22)10-29-15-4-7-26(16(15)28)13-2-5-25(6-3-13)17-23-8-12(9-24-17)18(19,20)21/h8-9,11,13-15,27H,2-7,10,22H2,1H3/t11?,14?,15-/m1/s1. The number of aliphatic hydroxyl groups excluding tert-OH is 1. The number of halogens is 3. The molecule has 2 saturated heterocycles. The van der Waals surface area contributed by atoms with Gasteiger partial charge in [0.25, 0.3) is 5.91 Å². The molecular formula is C18H26F3N5O3. The van der Waals surface area contributed by atoms with Crippen LogP contribution in [-0.2, 0) is 15.7 Å². The van der Waals surface area contributed by atoms with Crippen LogP contribution in [-0.4, -0.2) is 76.4 Å². The van der Waals surface area contributed by atoms with Crippen molar-refractivity contribution in [2.24, 2.45) is 5.73 Å². The minimum Gasteiger partial charge on any atom is -0.392 e. The monoisotopic (exact) mass is 417 g/mol. The van der Waals surface area contributed by atoms with Crippen LogP contribution in [0.2, 0.25) is 0 Å². The first-order chi connectivity index (χ1) is 13.7. The number of hydrogen-bond donors (Lipinski definition) is 2. The Hall–Kier alpha value is -1.98. The molecule has 0 saturated carbocycles. The molecule has 8 nitrogen and oxygen atoms in total. The first-order valence-corrected chi connectivity index (χ1v) is 9.66. The zero-order chi connectivity index (χ0) is 21.2. The molecule has 3 atom stereocenters. The number of carbonyl (C=O) groups is 1. The van der Waals surface area contributed by atoms with Gasteiger partial charge in [0.1, 0.15) is 6.10 Å². The third-order valence-electron chi connectivity index (χ3n) is 5.45. The highest BCUT2D eigenvalue weighted by Gasteiger charge is 2.38. The number of alkyl halides is 3. The third-order valence-corrected chi connectivity index (χ3v) is 5.45. The van der Waals surface area contributed by atoms with Gasteiger partial charge < -0.3 is 25.4 Å². The number of anilines is 1. The van der Waals surface area contributed by atoms with Gasteiger partial charge in [0, 0.05) is 44.5 Å². The van der Waals surface area contributed by atoms with E-state index in [0.717, 1.165) is 12.4 Å². The summed E-state index contributed by atoms with van der Waals surface area (Å²) in [6, 6.07) is -0.490. The number of hydrogen-bond acceptors (Lipinski definition) is 7. The molecule has 1 aromatic rings. The second-order valence-electron chi connectivity index (χ2n) is 7.53. The van der Waals surface area contributed by atoms with Crippen molar-refractivity contribution in [3.05, 3.63) is 18.0 Å². The summed E-state index contributed by atoms with van der Waals surface area (Å²) in [5, 5.41) is 9.42. The Kier molecular flexibility index (Phi) is 6.59. The number of ether oxygens (including phenoxy) is 1. The Bertz CT molecular complexity index is 693. The molecule has 0 radical (unpaired) electrons. The zero-order valence-corrected chi connectivity index (χ0v) is 16.2. The third kappa shape index (κ3) is 5.14. The van der Waals surface area contributed by atoms with Gasteiger partial charge in [0.15, 0.2) is 0 Å². The maximum Gasteiger partial charge on any atom is 0.419 e. The highest BCUT2D eigenvalue weighted by atomic mass is 19.4. The van der Waals surface area contributed by atoms with Crippen molar-refractivity contribution in [1.29, 1.82) is 0 Å². The SMILES string of the molecule is CC(O)C(N)CO[C@@H]1CCN(C2CCN(c3ncc(C(F)(F)F)cn3)CC2)C1=O. The van der Waals surface area contributed by atoms with Crippen LogP contribution in [0.1, 0.15) is 31.7 Å². The first-order valence-electron chi connectivity index (χ1n) is 9.66. The van der Waals surface area contributed by atoms with E-state index in [1.54, 1.807) is 6.92 Å². The summed E-state index contributed by atoms with van der Waals surface area (Å²) >= 11 is 0. The van der Waals surface area contributed by atoms with E-state index < -0.39 is 30.0 Å². The summed E-state index contributed by atoms with van der Waals surface area (Å²) in [6.07, 6.45) is -2.20. The van der Waals surface area contributed by atoms with E-state index in [0.29, 0.717) is 38.9 Å². The van der Waals surface area contributed by atoms with Gasteiger partial charge in [-0.15, -0.1) is 0 Å². The summed E-state index contributed by atoms with van der Waals surface area (Å²) in [6.45, 7) is 3.39. The smallest absolute Gasteiger partial charge is 0.392 e. The van der Waals surface area contributed by atoms with Crippen molar-refractivity contribution < 1.29 is 27.8 Å². The molecule has 0 aromatic carbocycles. The van der Waals surface area contributed by atoms with Crippen molar-refractivity contribution in [2.75, 3.05) is 31.1 Å². The summed E-state index contributed by atoms with van der Waals surface area (Å²) in [5.74, 6) is 0.185. The Morgan fingerprint density at radius 1 is 1.24 bits per heavy atom. The number of carbonyl (C=O) groups excluding carboxylic acids is 1. The maximum atomic E-state index is 12.6. The molecular weight excluding hydrogens is 391 g/mol. The number of nitrogens with zero attached hydrogens (tertiary/aromatic N) is 4. The molecule has 3 N–H and O–H groups in total. The number of aromatic nitrogens is 2. The van der Waals surface area contributed by atoms with E-state index in [2.05, 4.69) is 9.97 Å². The van der Waals surface area contributed by atoms with Gasteiger partial charge in [0.05, 0.1) is 24.3 Å². The molecule has 2 aliphatic heterocycles. The molecule has 1 aromatic heterocycles. The van der Waals surface area contributed by atoms with Gasteiger partial charge in [-0.3, -0.25) is 4.79 Å². The fourth-order valence-electron chi connectivity index (χ4n) is 3.57. The average Bonchev–Trinajstić information content (AvgIpc) is 3.06. The fraction of sp³-hybridized carbons (Fsp3) is 0.722. The van der Waals surface area contributed by atoms with Crippen molar-refractivity contribution in [2.45, 2.75) is 56.7 Å². The van der Waals surface area contributed by atoms with E-state index in [-0.39, 0.29) is 24.5 Å². The van der Waals surface area contributed by atoms with Gasteiger partial charge in [-0.05, 0) is 19.8 Å². The highest BCUT2D eigenvalue weighted by molar-refractivity contribution is 5.83. The van der Waals surface area contributed by atoms with Crippen LogP contribution in [0.25, 0.3) is 0 Å². The highest BCUT2D eigenvalue weighted by Crippen LogP contribution is 2.29. The van der Waals surface area contributed by atoms with Crippen LogP contribution in [0.5, 0.6) is 0 Å². The van der Waals surface area contributed by atoms with Gasteiger partial charge in [-0.25, -0.2) is 9.97 Å². The lowest BCUT2D eigenvalue weighted by molar-refractivity contribution is -0.140. The summed E-state index contributed by atoms with van der Waals surface area (Å²) in [5.41, 5.74) is 4.87. The van der Waals surface area contributed by atoms with Crippen molar-refractivity contribution in [3.8, 4) is 0 Å². The van der Waals surface area contributed by atoms with Crippen LogP contribution in [0, 0.1) is 0 Å². The molecule has 29 heavy (non-hydrogen) atoms. The predicted octanol–water partition coefficient (Wildman–Crippen LogP) is 0.790. The van der Waals surface area contributed by atoms with Gasteiger partial charge in [-0.1, -0.05) is 0 Å². The predicted molar refractivity (Wildman–Crippen MR) is 98.0 cm³/mol. The molecule has 3 heterocycles. The number of aliphatic hydroxyl groups is 1. The zero-order valence-electron chi connectivity index (χ0n) is 16.2. The minimum atomic E-state index is -4.46. The lowest BCUT2D eigenvalue weighted by atomic mass is 10.0. The molecule has 2 unspecified atom stereocenters. The normalized spacial score (nSPS) is 23.5. The molecule has 0 bridgehead atoms. The number of rotatable bonds is 6. The Labute approximate surface area is 166 Å². The Balaban J connectivity index is 1.50. The Morgan fingerprint density at radius 2 is 1.86 bits per heavy atom. The van der Waals surface area contributed by atoms with E-state index in [1.807, 2.05) is 9.80 Å². The molecule has 0 aliphatic carbocycles. The van der Waals surface area contributed by atoms with Crippen molar-refractivity contribution >= 4 is 11.9 Å².